The van der Waals surface area contributed by atoms with Crippen molar-refractivity contribution in [2.45, 2.75) is 37.6 Å². The summed E-state index contributed by atoms with van der Waals surface area (Å²) in [5.74, 6) is -0.472. The van der Waals surface area contributed by atoms with Gasteiger partial charge in [0.15, 0.2) is 0 Å². The van der Waals surface area contributed by atoms with Crippen molar-refractivity contribution in [2.24, 2.45) is 5.92 Å². The second kappa shape index (κ2) is 9.17. The number of benzene rings is 1. The average Bonchev–Trinajstić information content (AvgIpc) is 2.51. The van der Waals surface area contributed by atoms with Gasteiger partial charge in [0.2, 0.25) is 10.0 Å². The lowest BCUT2D eigenvalue weighted by atomic mass is 10.0. The minimum absolute atomic E-state index is 0.0599. The fourth-order valence-corrected chi connectivity index (χ4v) is 3.55. The number of aliphatic hydroxyl groups excluding tert-OH is 2. The maximum Gasteiger partial charge on any atom is 0.243 e. The molecule has 4 N–H and O–H groups in total. The molecule has 0 aromatic heterocycles. The van der Waals surface area contributed by atoms with Crippen LogP contribution in [0.15, 0.2) is 23.1 Å². The fourth-order valence-electron chi connectivity index (χ4n) is 2.12. The summed E-state index contributed by atoms with van der Waals surface area (Å²) in [7, 11) is -3.95. The molecule has 0 aliphatic carbocycles. The molecule has 8 heteroatoms. The van der Waals surface area contributed by atoms with Crippen LogP contribution < -0.4 is 10.0 Å². The van der Waals surface area contributed by atoms with E-state index in [-0.39, 0.29) is 24.0 Å². The minimum Gasteiger partial charge on any atom is -0.396 e. The number of nitrogens with one attached hydrogen (secondary N) is 2. The van der Waals surface area contributed by atoms with Crippen LogP contribution in [0.4, 0.5) is 10.1 Å². The second-order valence-corrected chi connectivity index (χ2v) is 7.20. The smallest absolute Gasteiger partial charge is 0.243 e. The SMILES string of the molecule is CCC(CCO)CNc1ccc(F)cc1S(=O)(=O)N[C@@H](C)CO. The van der Waals surface area contributed by atoms with E-state index in [1.165, 1.54) is 19.1 Å². The van der Waals surface area contributed by atoms with E-state index in [0.29, 0.717) is 18.7 Å². The maximum absolute atomic E-state index is 13.5. The van der Waals surface area contributed by atoms with Crippen molar-refractivity contribution >= 4 is 15.7 Å². The Bertz CT molecular complexity index is 595. The van der Waals surface area contributed by atoms with Crippen LogP contribution in [-0.4, -0.2) is 44.4 Å². The number of hydrogen-bond donors (Lipinski definition) is 4. The summed E-state index contributed by atoms with van der Waals surface area (Å²) >= 11 is 0. The highest BCUT2D eigenvalue weighted by atomic mass is 32.2. The van der Waals surface area contributed by atoms with Gasteiger partial charge in [-0.15, -0.1) is 0 Å². The van der Waals surface area contributed by atoms with Gasteiger partial charge in [-0.1, -0.05) is 13.3 Å². The summed E-state index contributed by atoms with van der Waals surface area (Å²) in [6, 6.07) is 2.83. The minimum atomic E-state index is -3.95. The van der Waals surface area contributed by atoms with Crippen molar-refractivity contribution in [1.82, 2.24) is 4.72 Å². The van der Waals surface area contributed by atoms with Gasteiger partial charge in [-0.3, -0.25) is 0 Å². The van der Waals surface area contributed by atoms with Gasteiger partial charge in [-0.25, -0.2) is 17.5 Å². The maximum atomic E-state index is 13.5. The predicted octanol–water partition coefficient (Wildman–Crippen LogP) is 1.31. The summed E-state index contributed by atoms with van der Waals surface area (Å²) < 4.78 is 40.5. The molecular formula is C15H25FN2O4S. The molecule has 0 amide bonds. The highest BCUT2D eigenvalue weighted by molar-refractivity contribution is 7.89. The highest BCUT2D eigenvalue weighted by Crippen LogP contribution is 2.23. The lowest BCUT2D eigenvalue weighted by Crippen LogP contribution is -2.35. The average molecular weight is 348 g/mol. The molecule has 132 valence electrons. The van der Waals surface area contributed by atoms with E-state index in [2.05, 4.69) is 10.0 Å². The van der Waals surface area contributed by atoms with E-state index in [1.807, 2.05) is 6.92 Å². The molecule has 2 atom stereocenters. The van der Waals surface area contributed by atoms with Crippen LogP contribution in [0.1, 0.15) is 26.7 Å². The Morgan fingerprint density at radius 1 is 1.30 bits per heavy atom. The summed E-state index contributed by atoms with van der Waals surface area (Å²) in [6.45, 7) is 3.67. The zero-order chi connectivity index (χ0) is 17.5. The van der Waals surface area contributed by atoms with Crippen molar-refractivity contribution in [3.8, 4) is 0 Å². The van der Waals surface area contributed by atoms with Crippen molar-refractivity contribution < 1.29 is 23.0 Å². The van der Waals surface area contributed by atoms with Crippen LogP contribution in [0.2, 0.25) is 0 Å². The Balaban J connectivity index is 3.01. The number of aliphatic hydroxyl groups is 2. The third-order valence-corrected chi connectivity index (χ3v) is 5.19. The molecule has 0 saturated heterocycles. The van der Waals surface area contributed by atoms with Crippen molar-refractivity contribution in [3.05, 3.63) is 24.0 Å². The van der Waals surface area contributed by atoms with Gasteiger partial charge >= 0.3 is 0 Å². The summed E-state index contributed by atoms with van der Waals surface area (Å²) in [5.41, 5.74) is 0.292. The summed E-state index contributed by atoms with van der Waals surface area (Å²) in [6.07, 6.45) is 1.43. The van der Waals surface area contributed by atoms with Crippen LogP contribution in [0, 0.1) is 11.7 Å². The summed E-state index contributed by atoms with van der Waals surface area (Å²) in [5, 5.41) is 21.0. The Kier molecular flexibility index (Phi) is 7.90. The van der Waals surface area contributed by atoms with E-state index in [0.717, 1.165) is 12.5 Å². The molecule has 0 aliphatic heterocycles. The molecular weight excluding hydrogens is 323 g/mol. The van der Waals surface area contributed by atoms with Gasteiger partial charge in [-0.2, -0.15) is 0 Å². The van der Waals surface area contributed by atoms with Crippen LogP contribution in [-0.2, 0) is 10.0 Å². The highest BCUT2D eigenvalue weighted by Gasteiger charge is 2.22. The van der Waals surface area contributed by atoms with Crippen LogP contribution in [0.5, 0.6) is 0 Å². The number of halogens is 1. The number of rotatable bonds is 10. The first-order valence-electron chi connectivity index (χ1n) is 7.61. The Morgan fingerprint density at radius 2 is 2.00 bits per heavy atom. The molecule has 23 heavy (non-hydrogen) atoms. The van der Waals surface area contributed by atoms with Gasteiger partial charge in [0, 0.05) is 19.2 Å². The molecule has 0 radical (unpaired) electrons. The van der Waals surface area contributed by atoms with Crippen LogP contribution in [0.3, 0.4) is 0 Å². The van der Waals surface area contributed by atoms with Gasteiger partial charge in [0.1, 0.15) is 10.7 Å². The topological polar surface area (TPSA) is 98.7 Å². The van der Waals surface area contributed by atoms with E-state index in [9.17, 15) is 12.8 Å². The molecule has 0 saturated carbocycles. The number of hydrogen-bond acceptors (Lipinski definition) is 5. The normalized spacial score (nSPS) is 14.5. The Morgan fingerprint density at radius 3 is 2.57 bits per heavy atom. The van der Waals surface area contributed by atoms with Gasteiger partial charge in [0.05, 0.1) is 12.3 Å². The standard InChI is InChI=1S/C15H25FN2O4S/c1-3-12(6-7-19)9-17-14-5-4-13(16)8-15(14)23(21,22)18-11(2)10-20/h4-5,8,11-12,17-20H,3,6-7,9-10H2,1-2H3/t11-,12?/m0/s1. The predicted molar refractivity (Wildman–Crippen MR) is 87.2 cm³/mol. The molecule has 1 aromatic rings. The monoisotopic (exact) mass is 348 g/mol. The largest absolute Gasteiger partial charge is 0.396 e. The number of sulfonamides is 1. The third-order valence-electron chi connectivity index (χ3n) is 3.56. The third kappa shape index (κ3) is 6.06. The van der Waals surface area contributed by atoms with Crippen LogP contribution >= 0.6 is 0 Å². The summed E-state index contributed by atoms with van der Waals surface area (Å²) in [4.78, 5) is -0.198. The lowest BCUT2D eigenvalue weighted by Gasteiger charge is -2.19. The zero-order valence-corrected chi connectivity index (χ0v) is 14.2. The van der Waals surface area contributed by atoms with Crippen molar-refractivity contribution in [1.29, 1.82) is 0 Å². The van der Waals surface area contributed by atoms with Crippen molar-refractivity contribution in [3.63, 3.8) is 0 Å². The molecule has 1 unspecified atom stereocenters. The van der Waals surface area contributed by atoms with Crippen LogP contribution in [0.25, 0.3) is 0 Å². The first-order valence-corrected chi connectivity index (χ1v) is 9.09. The molecule has 0 fully saturated rings. The molecule has 6 nitrogen and oxygen atoms in total. The molecule has 0 bridgehead atoms. The molecule has 0 aliphatic rings. The molecule has 0 spiro atoms. The molecule has 1 rings (SSSR count). The quantitative estimate of drug-likeness (QED) is 0.511. The second-order valence-electron chi connectivity index (χ2n) is 5.51. The van der Waals surface area contributed by atoms with E-state index >= 15 is 0 Å². The van der Waals surface area contributed by atoms with Gasteiger partial charge in [-0.05, 0) is 37.5 Å². The Hall–Kier alpha value is -1.22. The zero-order valence-electron chi connectivity index (χ0n) is 13.4. The lowest BCUT2D eigenvalue weighted by molar-refractivity contribution is 0.258. The number of anilines is 1. The van der Waals surface area contributed by atoms with Gasteiger partial charge in [0.25, 0.3) is 0 Å². The van der Waals surface area contributed by atoms with Crippen molar-refractivity contribution in [2.75, 3.05) is 25.1 Å². The first-order chi connectivity index (χ1) is 10.8. The van der Waals surface area contributed by atoms with E-state index in [1.54, 1.807) is 0 Å². The first kappa shape index (κ1) is 19.8. The molecule has 1 aromatic carbocycles. The molecule has 0 heterocycles. The Labute approximate surface area is 136 Å². The van der Waals surface area contributed by atoms with E-state index in [4.69, 9.17) is 10.2 Å². The van der Waals surface area contributed by atoms with Gasteiger partial charge < -0.3 is 15.5 Å². The fraction of sp³-hybridized carbons (Fsp3) is 0.600. The van der Waals surface area contributed by atoms with E-state index < -0.39 is 21.9 Å².